The summed E-state index contributed by atoms with van der Waals surface area (Å²) in [5.41, 5.74) is 3.25. The summed E-state index contributed by atoms with van der Waals surface area (Å²) in [6, 6.07) is 16.3. The van der Waals surface area contributed by atoms with Gasteiger partial charge in [0.2, 0.25) is 0 Å². The van der Waals surface area contributed by atoms with E-state index >= 15 is 0 Å². The molecule has 0 saturated carbocycles. The number of piperidine rings is 2. The average molecular weight is 504 g/mol. The van der Waals surface area contributed by atoms with Crippen LogP contribution in [0.15, 0.2) is 48.5 Å². The maximum absolute atomic E-state index is 14.4. The van der Waals surface area contributed by atoms with Crippen LogP contribution in [-0.4, -0.2) is 52.2 Å². The van der Waals surface area contributed by atoms with Crippen molar-refractivity contribution in [3.63, 3.8) is 0 Å². The van der Waals surface area contributed by atoms with Crippen molar-refractivity contribution in [2.75, 3.05) is 26.2 Å². The second kappa shape index (κ2) is 10.7. The fourth-order valence-electron chi connectivity index (χ4n) is 5.56. The number of hydrogen-bond acceptors (Lipinski definition) is 3. The molecule has 2 aromatic carbocycles. The quantitative estimate of drug-likeness (QED) is 0.486. The average Bonchev–Trinajstić information content (AvgIpc) is 3.42. The molecule has 3 aromatic rings. The Morgan fingerprint density at radius 2 is 1.73 bits per heavy atom. The number of aromatic nitrogens is 2. The van der Waals surface area contributed by atoms with Crippen LogP contribution in [-0.2, 0) is 6.42 Å². The molecule has 2 aliphatic rings. The second-order valence-electron chi connectivity index (χ2n) is 10.1. The van der Waals surface area contributed by atoms with E-state index in [0.717, 1.165) is 18.5 Å². The predicted octanol–water partition coefficient (Wildman–Crippen LogP) is 5.85. The highest BCUT2D eigenvalue weighted by molar-refractivity contribution is 5.75. The SMILES string of the molecule is CCc1ccc(C2CC(c3cc(-c4c(F)cccc4F)n[nH]3)CN(C(=O)N3CCC(C#N)CC3)C2)cc1. The van der Waals surface area contributed by atoms with E-state index in [-0.39, 0.29) is 35.0 Å². The molecule has 6 nitrogen and oxygen atoms in total. The van der Waals surface area contributed by atoms with E-state index in [9.17, 15) is 18.8 Å². The van der Waals surface area contributed by atoms with Crippen molar-refractivity contribution in [2.24, 2.45) is 5.92 Å². The monoisotopic (exact) mass is 503 g/mol. The lowest BCUT2D eigenvalue weighted by atomic mass is 9.82. The van der Waals surface area contributed by atoms with E-state index in [4.69, 9.17) is 0 Å². The van der Waals surface area contributed by atoms with Crippen LogP contribution in [0.1, 0.15) is 54.8 Å². The molecule has 8 heteroatoms. The van der Waals surface area contributed by atoms with Gasteiger partial charge in [0.25, 0.3) is 0 Å². The minimum atomic E-state index is -0.659. The molecule has 2 amide bonds. The zero-order chi connectivity index (χ0) is 25.9. The number of aromatic amines is 1. The fourth-order valence-corrected chi connectivity index (χ4v) is 5.56. The lowest BCUT2D eigenvalue weighted by molar-refractivity contribution is 0.120. The Balaban J connectivity index is 1.42. The standard InChI is InChI=1S/C29H31F2N5O/c1-2-19-6-8-21(9-7-19)22-14-23(18-36(17-22)29(37)35-12-10-20(16-32)11-13-35)26-15-27(34-33-26)28-24(30)4-3-5-25(28)31/h3-9,15,20,22-23H,2,10-14,17-18H2,1H3,(H,33,34). The van der Waals surface area contributed by atoms with E-state index in [2.05, 4.69) is 47.5 Å². The van der Waals surface area contributed by atoms with Crippen molar-refractivity contribution in [2.45, 2.75) is 44.4 Å². The predicted molar refractivity (Wildman–Crippen MR) is 137 cm³/mol. The number of rotatable bonds is 4. The van der Waals surface area contributed by atoms with Crippen LogP contribution in [0, 0.1) is 28.9 Å². The van der Waals surface area contributed by atoms with Gasteiger partial charge in [-0.3, -0.25) is 5.10 Å². The van der Waals surface area contributed by atoms with Gasteiger partial charge in [-0.25, -0.2) is 13.6 Å². The molecule has 2 atom stereocenters. The van der Waals surface area contributed by atoms with Crippen LogP contribution in [0.4, 0.5) is 13.6 Å². The van der Waals surface area contributed by atoms with E-state index in [0.29, 0.717) is 39.0 Å². The highest BCUT2D eigenvalue weighted by atomic mass is 19.1. The minimum Gasteiger partial charge on any atom is -0.325 e. The fraction of sp³-hybridized carbons (Fsp3) is 0.414. The van der Waals surface area contributed by atoms with Crippen LogP contribution < -0.4 is 0 Å². The first kappa shape index (κ1) is 24.9. The molecule has 192 valence electrons. The van der Waals surface area contributed by atoms with Crippen molar-refractivity contribution in [3.8, 4) is 17.3 Å². The molecule has 0 bridgehead atoms. The van der Waals surface area contributed by atoms with Crippen molar-refractivity contribution in [1.82, 2.24) is 20.0 Å². The third-order valence-corrected chi connectivity index (χ3v) is 7.78. The minimum absolute atomic E-state index is 0.00479. The third-order valence-electron chi connectivity index (χ3n) is 7.78. The Morgan fingerprint density at radius 3 is 2.38 bits per heavy atom. The van der Waals surface area contributed by atoms with Gasteiger partial charge in [-0.05, 0) is 55.0 Å². The molecule has 2 fully saturated rings. The number of nitrogens with zero attached hydrogens (tertiary/aromatic N) is 4. The third kappa shape index (κ3) is 5.22. The smallest absolute Gasteiger partial charge is 0.320 e. The number of hydrogen-bond donors (Lipinski definition) is 1. The van der Waals surface area contributed by atoms with Crippen LogP contribution in [0.2, 0.25) is 0 Å². The number of nitriles is 1. The highest BCUT2D eigenvalue weighted by Crippen LogP contribution is 2.37. The summed E-state index contributed by atoms with van der Waals surface area (Å²) in [4.78, 5) is 17.3. The normalized spacial score (nSPS) is 20.6. The summed E-state index contributed by atoms with van der Waals surface area (Å²) in [6.45, 7) is 4.36. The summed E-state index contributed by atoms with van der Waals surface area (Å²) in [5, 5.41) is 16.5. The molecule has 2 aliphatic heterocycles. The number of carbonyl (C=O) groups is 1. The van der Waals surface area contributed by atoms with E-state index in [1.807, 2.05) is 9.80 Å². The Labute approximate surface area is 215 Å². The zero-order valence-corrected chi connectivity index (χ0v) is 21.0. The lowest BCUT2D eigenvalue weighted by Crippen LogP contribution is -2.51. The maximum atomic E-state index is 14.4. The molecule has 5 rings (SSSR count). The Bertz CT molecular complexity index is 1270. The van der Waals surface area contributed by atoms with Crippen LogP contribution in [0.5, 0.6) is 0 Å². The Morgan fingerprint density at radius 1 is 1.05 bits per heavy atom. The summed E-state index contributed by atoms with van der Waals surface area (Å²) in [5.74, 6) is -1.27. The number of H-pyrrole nitrogens is 1. The highest BCUT2D eigenvalue weighted by Gasteiger charge is 2.35. The first-order valence-electron chi connectivity index (χ1n) is 13.0. The van der Waals surface area contributed by atoms with Gasteiger partial charge in [-0.1, -0.05) is 37.3 Å². The van der Waals surface area contributed by atoms with E-state index in [1.165, 1.54) is 29.3 Å². The molecule has 2 saturated heterocycles. The number of carbonyl (C=O) groups excluding carboxylic acids is 1. The van der Waals surface area contributed by atoms with E-state index < -0.39 is 11.6 Å². The van der Waals surface area contributed by atoms with Crippen molar-refractivity contribution in [1.29, 1.82) is 5.26 Å². The number of likely N-dealkylation sites (tertiary alicyclic amines) is 2. The molecule has 1 N–H and O–H groups in total. The van der Waals surface area contributed by atoms with Crippen LogP contribution >= 0.6 is 0 Å². The molecule has 2 unspecified atom stereocenters. The summed E-state index contributed by atoms with van der Waals surface area (Å²) in [7, 11) is 0. The number of benzene rings is 2. The number of urea groups is 1. The first-order valence-corrected chi connectivity index (χ1v) is 13.0. The summed E-state index contributed by atoms with van der Waals surface area (Å²) in [6.07, 6.45) is 3.13. The summed E-state index contributed by atoms with van der Waals surface area (Å²) >= 11 is 0. The molecule has 3 heterocycles. The van der Waals surface area contributed by atoms with Gasteiger partial charge in [-0.15, -0.1) is 0 Å². The molecular formula is C29H31F2N5O. The first-order chi connectivity index (χ1) is 18.0. The van der Waals surface area contributed by atoms with Crippen LogP contribution in [0.25, 0.3) is 11.3 Å². The number of aryl methyl sites for hydroxylation is 1. The van der Waals surface area contributed by atoms with Crippen molar-refractivity contribution < 1.29 is 13.6 Å². The number of halogens is 2. The van der Waals surface area contributed by atoms with Gasteiger partial charge in [0.1, 0.15) is 11.6 Å². The zero-order valence-electron chi connectivity index (χ0n) is 21.0. The largest absolute Gasteiger partial charge is 0.325 e. The molecule has 0 spiro atoms. The van der Waals surface area contributed by atoms with Gasteiger partial charge in [0.05, 0.1) is 17.3 Å². The van der Waals surface area contributed by atoms with Crippen molar-refractivity contribution in [3.05, 3.63) is 77.0 Å². The molecule has 1 aromatic heterocycles. The second-order valence-corrected chi connectivity index (χ2v) is 10.1. The van der Waals surface area contributed by atoms with Gasteiger partial charge >= 0.3 is 6.03 Å². The summed E-state index contributed by atoms with van der Waals surface area (Å²) < 4.78 is 28.8. The van der Waals surface area contributed by atoms with Crippen molar-refractivity contribution >= 4 is 6.03 Å². The number of nitrogens with one attached hydrogen (secondary N) is 1. The number of amides is 2. The molecule has 37 heavy (non-hydrogen) atoms. The molecule has 0 radical (unpaired) electrons. The van der Waals surface area contributed by atoms with Gasteiger partial charge < -0.3 is 9.80 Å². The van der Waals surface area contributed by atoms with Gasteiger partial charge in [0.15, 0.2) is 0 Å². The topological polar surface area (TPSA) is 76.0 Å². The lowest BCUT2D eigenvalue weighted by Gasteiger charge is -2.41. The molecular weight excluding hydrogens is 472 g/mol. The molecule has 0 aliphatic carbocycles. The Hall–Kier alpha value is -3.73. The van der Waals surface area contributed by atoms with Gasteiger partial charge in [-0.2, -0.15) is 10.4 Å². The van der Waals surface area contributed by atoms with Gasteiger partial charge in [0, 0.05) is 49.6 Å². The van der Waals surface area contributed by atoms with E-state index in [1.54, 1.807) is 6.07 Å². The maximum Gasteiger partial charge on any atom is 0.320 e. The van der Waals surface area contributed by atoms with Crippen LogP contribution in [0.3, 0.4) is 0 Å². The Kier molecular flexibility index (Phi) is 7.22.